The van der Waals surface area contributed by atoms with Crippen LogP contribution in [0.1, 0.15) is 46.0 Å². The Bertz CT molecular complexity index is 129. The van der Waals surface area contributed by atoms with Gasteiger partial charge in [-0.25, -0.2) is 0 Å². The zero-order valence-corrected chi connectivity index (χ0v) is 9.10. The van der Waals surface area contributed by atoms with E-state index in [1.807, 2.05) is 0 Å². The molecular weight excluding hydrogens is 160 g/mol. The molecule has 0 saturated heterocycles. The van der Waals surface area contributed by atoms with E-state index in [2.05, 4.69) is 19.2 Å². The van der Waals surface area contributed by atoms with Crippen LogP contribution in [0, 0.1) is 5.92 Å². The molecule has 0 aliphatic heterocycles. The second-order valence-electron chi connectivity index (χ2n) is 4.35. The van der Waals surface area contributed by atoms with Crippen LogP contribution in [0.25, 0.3) is 0 Å². The van der Waals surface area contributed by atoms with Gasteiger partial charge in [-0.3, -0.25) is 0 Å². The molecule has 1 aliphatic carbocycles. The number of nitrogens with two attached hydrogens (primary N) is 1. The lowest BCUT2D eigenvalue weighted by Crippen LogP contribution is -2.50. The summed E-state index contributed by atoms with van der Waals surface area (Å²) in [5, 5.41) is 3.63. The molecule has 2 heteroatoms. The lowest BCUT2D eigenvalue weighted by Gasteiger charge is -2.31. The van der Waals surface area contributed by atoms with E-state index in [0.717, 1.165) is 31.8 Å². The van der Waals surface area contributed by atoms with E-state index in [9.17, 15) is 0 Å². The van der Waals surface area contributed by atoms with Crippen LogP contribution in [0.4, 0.5) is 0 Å². The summed E-state index contributed by atoms with van der Waals surface area (Å²) in [7, 11) is 0. The van der Waals surface area contributed by atoms with E-state index in [0.29, 0.717) is 0 Å². The molecular formula is C11H24N2. The third kappa shape index (κ3) is 3.28. The Labute approximate surface area is 82.3 Å². The summed E-state index contributed by atoms with van der Waals surface area (Å²) in [6.07, 6.45) is 6.54. The van der Waals surface area contributed by atoms with Crippen LogP contribution in [0.3, 0.4) is 0 Å². The molecule has 0 bridgehead atoms. The molecule has 3 N–H and O–H groups in total. The summed E-state index contributed by atoms with van der Waals surface area (Å²) >= 11 is 0. The van der Waals surface area contributed by atoms with Crippen molar-refractivity contribution in [2.24, 2.45) is 11.7 Å². The van der Waals surface area contributed by atoms with Crippen LogP contribution in [0.2, 0.25) is 0 Å². The minimum atomic E-state index is 0.217. The van der Waals surface area contributed by atoms with Gasteiger partial charge in [0.25, 0.3) is 0 Å². The summed E-state index contributed by atoms with van der Waals surface area (Å²) < 4.78 is 0. The van der Waals surface area contributed by atoms with Gasteiger partial charge in [-0.15, -0.1) is 0 Å². The normalized spacial score (nSPS) is 17.8. The molecule has 0 atom stereocenters. The van der Waals surface area contributed by atoms with Crippen LogP contribution < -0.4 is 11.1 Å². The summed E-state index contributed by atoms with van der Waals surface area (Å²) in [5.74, 6) is 1.02. The first kappa shape index (κ1) is 11.0. The lowest BCUT2D eigenvalue weighted by molar-refractivity contribution is 0.306. The highest BCUT2D eigenvalue weighted by Crippen LogP contribution is 2.32. The lowest BCUT2D eigenvalue weighted by atomic mass is 9.93. The van der Waals surface area contributed by atoms with Crippen molar-refractivity contribution < 1.29 is 0 Å². The quantitative estimate of drug-likeness (QED) is 0.634. The minimum absolute atomic E-state index is 0.217. The van der Waals surface area contributed by atoms with Crippen molar-refractivity contribution in [3.8, 4) is 0 Å². The van der Waals surface area contributed by atoms with Gasteiger partial charge >= 0.3 is 0 Å². The largest absolute Gasteiger partial charge is 0.329 e. The summed E-state index contributed by atoms with van der Waals surface area (Å²) in [6.45, 7) is 6.37. The SMILES string of the molecule is CCC(CC)(CN)NCCC1CC1. The maximum Gasteiger partial charge on any atom is 0.0298 e. The van der Waals surface area contributed by atoms with Crippen LogP contribution >= 0.6 is 0 Å². The van der Waals surface area contributed by atoms with E-state index < -0.39 is 0 Å². The summed E-state index contributed by atoms with van der Waals surface area (Å²) in [5.41, 5.74) is 6.02. The molecule has 2 nitrogen and oxygen atoms in total. The predicted molar refractivity (Wildman–Crippen MR) is 57.7 cm³/mol. The molecule has 78 valence electrons. The van der Waals surface area contributed by atoms with Gasteiger partial charge in [-0.05, 0) is 31.7 Å². The second-order valence-corrected chi connectivity index (χ2v) is 4.35. The smallest absolute Gasteiger partial charge is 0.0298 e. The zero-order valence-electron chi connectivity index (χ0n) is 9.10. The van der Waals surface area contributed by atoms with Crippen molar-refractivity contribution in [3.63, 3.8) is 0 Å². The molecule has 0 amide bonds. The van der Waals surface area contributed by atoms with E-state index >= 15 is 0 Å². The Morgan fingerprint density at radius 2 is 1.92 bits per heavy atom. The molecule has 1 rings (SSSR count). The number of rotatable bonds is 7. The molecule has 0 heterocycles. The van der Waals surface area contributed by atoms with Crippen LogP contribution in [-0.4, -0.2) is 18.6 Å². The van der Waals surface area contributed by atoms with Crippen molar-refractivity contribution in [1.82, 2.24) is 5.32 Å². The van der Waals surface area contributed by atoms with Crippen molar-refractivity contribution in [3.05, 3.63) is 0 Å². The molecule has 1 saturated carbocycles. The number of nitrogens with one attached hydrogen (secondary N) is 1. The molecule has 0 unspecified atom stereocenters. The monoisotopic (exact) mass is 184 g/mol. The highest BCUT2D eigenvalue weighted by atomic mass is 15.0. The molecule has 13 heavy (non-hydrogen) atoms. The van der Waals surface area contributed by atoms with Gasteiger partial charge in [0.2, 0.25) is 0 Å². The molecule has 0 aromatic heterocycles. The molecule has 0 radical (unpaired) electrons. The first-order chi connectivity index (χ1) is 6.26. The Hall–Kier alpha value is -0.0800. The van der Waals surface area contributed by atoms with Gasteiger partial charge in [0.05, 0.1) is 0 Å². The average molecular weight is 184 g/mol. The topological polar surface area (TPSA) is 38.0 Å². The molecule has 0 spiro atoms. The van der Waals surface area contributed by atoms with Crippen molar-refractivity contribution >= 4 is 0 Å². The van der Waals surface area contributed by atoms with Crippen LogP contribution in [-0.2, 0) is 0 Å². The van der Waals surface area contributed by atoms with Crippen molar-refractivity contribution in [1.29, 1.82) is 0 Å². The first-order valence-corrected chi connectivity index (χ1v) is 5.71. The van der Waals surface area contributed by atoms with Crippen molar-refractivity contribution in [2.75, 3.05) is 13.1 Å². The molecule has 1 aliphatic rings. The van der Waals surface area contributed by atoms with Gasteiger partial charge in [-0.2, -0.15) is 0 Å². The second kappa shape index (κ2) is 4.97. The zero-order chi connectivity index (χ0) is 9.73. The first-order valence-electron chi connectivity index (χ1n) is 5.71. The highest BCUT2D eigenvalue weighted by molar-refractivity contribution is 4.87. The standard InChI is InChI=1S/C11H24N2/c1-3-11(4-2,9-12)13-8-7-10-5-6-10/h10,13H,3-9,12H2,1-2H3. The number of hydrogen-bond donors (Lipinski definition) is 2. The van der Waals surface area contributed by atoms with Gasteiger partial charge < -0.3 is 11.1 Å². The predicted octanol–water partition coefficient (Wildman–Crippen LogP) is 1.89. The van der Waals surface area contributed by atoms with E-state index in [4.69, 9.17) is 5.73 Å². The fourth-order valence-corrected chi connectivity index (χ4v) is 1.81. The highest BCUT2D eigenvalue weighted by Gasteiger charge is 2.25. The molecule has 1 fully saturated rings. The fraction of sp³-hybridized carbons (Fsp3) is 1.00. The maximum absolute atomic E-state index is 5.80. The third-order valence-electron chi connectivity index (χ3n) is 3.49. The fourth-order valence-electron chi connectivity index (χ4n) is 1.81. The summed E-state index contributed by atoms with van der Waals surface area (Å²) in [6, 6.07) is 0. The van der Waals surface area contributed by atoms with E-state index in [1.165, 1.54) is 19.3 Å². The Morgan fingerprint density at radius 1 is 1.31 bits per heavy atom. The van der Waals surface area contributed by atoms with E-state index in [1.54, 1.807) is 0 Å². The Morgan fingerprint density at radius 3 is 2.31 bits per heavy atom. The van der Waals surface area contributed by atoms with Gasteiger partial charge in [0, 0.05) is 12.1 Å². The van der Waals surface area contributed by atoms with Gasteiger partial charge in [0.1, 0.15) is 0 Å². The summed E-state index contributed by atoms with van der Waals surface area (Å²) in [4.78, 5) is 0. The van der Waals surface area contributed by atoms with Gasteiger partial charge in [-0.1, -0.05) is 26.7 Å². The average Bonchev–Trinajstić information content (AvgIpc) is 2.97. The van der Waals surface area contributed by atoms with Crippen molar-refractivity contribution in [2.45, 2.75) is 51.5 Å². The van der Waals surface area contributed by atoms with Crippen LogP contribution in [0.15, 0.2) is 0 Å². The molecule has 0 aromatic carbocycles. The number of hydrogen-bond acceptors (Lipinski definition) is 2. The Kier molecular flexibility index (Phi) is 4.20. The minimum Gasteiger partial charge on any atom is -0.329 e. The van der Waals surface area contributed by atoms with Crippen LogP contribution in [0.5, 0.6) is 0 Å². The third-order valence-corrected chi connectivity index (χ3v) is 3.49. The van der Waals surface area contributed by atoms with Gasteiger partial charge in [0.15, 0.2) is 0 Å². The van der Waals surface area contributed by atoms with E-state index in [-0.39, 0.29) is 5.54 Å². The molecule has 0 aromatic rings. The maximum atomic E-state index is 5.80. The Balaban J connectivity index is 2.19.